The number of aromatic hydroxyl groups is 2. The second kappa shape index (κ2) is 12.1. The van der Waals surface area contributed by atoms with Crippen LogP contribution in [0, 0.1) is 5.92 Å². The van der Waals surface area contributed by atoms with E-state index in [1.165, 1.54) is 33.4 Å². The summed E-state index contributed by atoms with van der Waals surface area (Å²) >= 11 is 0. The Balaban J connectivity index is 0.000000379. The maximum absolute atomic E-state index is 11.2. The topological polar surface area (TPSA) is 40.5 Å². The fourth-order valence-corrected chi connectivity index (χ4v) is 5.96. The first kappa shape index (κ1) is 30.7. The van der Waals surface area contributed by atoms with Crippen molar-refractivity contribution in [3.8, 4) is 22.6 Å². The van der Waals surface area contributed by atoms with Gasteiger partial charge in [-0.1, -0.05) is 113 Å². The number of benzene rings is 6. The van der Waals surface area contributed by atoms with E-state index in [1.807, 2.05) is 38.1 Å². The predicted molar refractivity (Wildman–Crippen MR) is 174 cm³/mol. The number of hydrogen-bond acceptors (Lipinski definition) is 2. The van der Waals surface area contributed by atoms with Crippen LogP contribution in [0.25, 0.3) is 32.7 Å². The summed E-state index contributed by atoms with van der Waals surface area (Å²) in [7, 11) is 0. The molecule has 0 atom stereocenters. The zero-order valence-corrected chi connectivity index (χ0v) is 25.2. The lowest BCUT2D eigenvalue weighted by Gasteiger charge is -2.34. The van der Waals surface area contributed by atoms with Gasteiger partial charge < -0.3 is 10.2 Å². The first-order valence-corrected chi connectivity index (χ1v) is 14.8. The third-order valence-electron chi connectivity index (χ3n) is 8.12. The normalized spacial score (nSPS) is 13.0. The van der Waals surface area contributed by atoms with E-state index in [0.717, 1.165) is 35.4 Å². The average molecular weight is 593 g/mol. The van der Waals surface area contributed by atoms with Crippen LogP contribution in [-0.2, 0) is 5.41 Å². The van der Waals surface area contributed by atoms with Crippen LogP contribution in [0.5, 0.6) is 11.5 Å². The third-order valence-corrected chi connectivity index (χ3v) is 8.12. The highest BCUT2D eigenvalue weighted by Crippen LogP contribution is 2.56. The zero-order valence-electron chi connectivity index (χ0n) is 25.2. The molecule has 6 aromatic carbocycles. The Morgan fingerprint density at radius 2 is 0.864 bits per heavy atom. The molecule has 44 heavy (non-hydrogen) atoms. The molecule has 0 spiro atoms. The van der Waals surface area contributed by atoms with Gasteiger partial charge in [0.25, 0.3) is 0 Å². The van der Waals surface area contributed by atoms with Crippen molar-refractivity contribution in [3.63, 3.8) is 0 Å². The van der Waals surface area contributed by atoms with Crippen LogP contribution in [0.1, 0.15) is 49.9 Å². The van der Waals surface area contributed by atoms with E-state index in [1.54, 1.807) is 12.1 Å². The van der Waals surface area contributed by atoms with Crippen molar-refractivity contribution in [2.75, 3.05) is 0 Å². The van der Waals surface area contributed by atoms with Gasteiger partial charge in [0.2, 0.25) is 0 Å². The molecule has 1 aliphatic rings. The monoisotopic (exact) mass is 592 g/mol. The van der Waals surface area contributed by atoms with E-state index in [-0.39, 0.29) is 11.5 Å². The first-order valence-electron chi connectivity index (χ1n) is 14.8. The Bertz CT molecular complexity index is 1810. The molecule has 5 heteroatoms. The molecule has 2 N–H and O–H groups in total. The number of halogens is 3. The number of fused-ring (bicyclic) bond motifs is 5. The van der Waals surface area contributed by atoms with Gasteiger partial charge >= 0.3 is 6.18 Å². The molecule has 2 nitrogen and oxygen atoms in total. The van der Waals surface area contributed by atoms with Gasteiger partial charge in [-0.2, -0.15) is 13.2 Å². The Kier molecular flexibility index (Phi) is 8.42. The molecule has 0 saturated carbocycles. The molecule has 7 rings (SSSR count). The highest BCUT2D eigenvalue weighted by molar-refractivity contribution is 5.92. The Morgan fingerprint density at radius 1 is 0.523 bits per heavy atom. The highest BCUT2D eigenvalue weighted by Gasteiger charge is 2.46. The molecule has 0 bridgehead atoms. The fourth-order valence-electron chi connectivity index (χ4n) is 5.96. The molecule has 6 aromatic rings. The minimum Gasteiger partial charge on any atom is -0.508 e. The van der Waals surface area contributed by atoms with Gasteiger partial charge in [-0.15, -0.1) is 0 Å². The van der Waals surface area contributed by atoms with Crippen molar-refractivity contribution < 1.29 is 23.4 Å². The van der Waals surface area contributed by atoms with Crippen LogP contribution < -0.4 is 0 Å². The lowest BCUT2D eigenvalue weighted by molar-refractivity contribution is -0.164. The van der Waals surface area contributed by atoms with Crippen molar-refractivity contribution in [2.45, 2.75) is 39.3 Å². The Morgan fingerprint density at radius 3 is 1.25 bits per heavy atom. The largest absolute Gasteiger partial charge is 0.508 e. The van der Waals surface area contributed by atoms with E-state index in [0.29, 0.717) is 0 Å². The fraction of sp³-hybridized carbons (Fsp3) is 0.179. The summed E-state index contributed by atoms with van der Waals surface area (Å²) < 4.78 is 33.5. The minimum atomic E-state index is -4.00. The number of phenols is 2. The standard InChI is InChI=1S/C33H22O2.C4H7F3.C2H6/c34-27-15-11-21-17-25(13-9-23(21)19-27)33(26-14-10-24-20-28(35)16-12-22(24)18-26)31-7-3-1-5-29(31)30-6-2-4-8-32(30)33;1-3(2)4(5,6)7;1-2/h1-20,34-35H;3H,1-2H3;1-2H3. The molecular formula is C39H35F3O2. The van der Waals surface area contributed by atoms with Crippen LogP contribution >= 0.6 is 0 Å². The molecule has 0 saturated heterocycles. The number of phenolic OH excluding ortho intramolecular Hbond substituents is 2. The molecule has 0 aromatic heterocycles. The summed E-state index contributed by atoms with van der Waals surface area (Å²) in [6, 6.07) is 41.6. The van der Waals surface area contributed by atoms with Gasteiger partial charge in [-0.3, -0.25) is 0 Å². The smallest absolute Gasteiger partial charge is 0.391 e. The summed E-state index contributed by atoms with van der Waals surface area (Å²) in [6.45, 7) is 6.25. The van der Waals surface area contributed by atoms with Crippen LogP contribution in [-0.4, -0.2) is 16.4 Å². The lowest BCUT2D eigenvalue weighted by atomic mass is 9.67. The Hall–Kier alpha value is -4.77. The summed E-state index contributed by atoms with van der Waals surface area (Å²) in [5.41, 5.74) is 6.90. The van der Waals surface area contributed by atoms with Crippen LogP contribution in [0.3, 0.4) is 0 Å². The quantitative estimate of drug-likeness (QED) is 0.210. The second-order valence-electron chi connectivity index (χ2n) is 11.0. The van der Waals surface area contributed by atoms with Gasteiger partial charge in [-0.05, 0) is 91.3 Å². The van der Waals surface area contributed by atoms with E-state index < -0.39 is 17.5 Å². The number of hydrogen-bond donors (Lipinski definition) is 2. The summed E-state index contributed by atoms with van der Waals surface area (Å²) in [4.78, 5) is 0. The van der Waals surface area contributed by atoms with Crippen LogP contribution in [0.2, 0.25) is 0 Å². The molecular weight excluding hydrogens is 557 g/mol. The number of alkyl halides is 3. The van der Waals surface area contributed by atoms with E-state index in [9.17, 15) is 23.4 Å². The molecule has 0 unspecified atom stereocenters. The van der Waals surface area contributed by atoms with Gasteiger partial charge in [0, 0.05) is 5.92 Å². The maximum atomic E-state index is 11.2. The van der Waals surface area contributed by atoms with Crippen LogP contribution in [0.15, 0.2) is 121 Å². The van der Waals surface area contributed by atoms with E-state index in [4.69, 9.17) is 0 Å². The predicted octanol–water partition coefficient (Wildman–Crippen LogP) is 11.0. The molecule has 224 valence electrons. The SMILES string of the molecule is CC.CC(C)C(F)(F)F.Oc1ccc2cc(C3(c4ccc5cc(O)ccc5c4)c4ccccc4-c4ccccc43)ccc2c1. The van der Waals surface area contributed by atoms with E-state index >= 15 is 0 Å². The van der Waals surface area contributed by atoms with E-state index in [2.05, 4.69) is 84.9 Å². The third kappa shape index (κ3) is 5.39. The molecule has 1 aliphatic carbocycles. The van der Waals surface area contributed by atoms with Crippen molar-refractivity contribution in [1.82, 2.24) is 0 Å². The van der Waals surface area contributed by atoms with Gasteiger partial charge in [0.15, 0.2) is 0 Å². The average Bonchev–Trinajstić information content (AvgIpc) is 3.32. The Labute approximate surface area is 256 Å². The van der Waals surface area contributed by atoms with Gasteiger partial charge in [0.05, 0.1) is 5.41 Å². The molecule has 0 heterocycles. The first-order chi connectivity index (χ1) is 21.1. The summed E-state index contributed by atoms with van der Waals surface area (Å²) in [6.07, 6.45) is -4.00. The van der Waals surface area contributed by atoms with Crippen LogP contribution in [0.4, 0.5) is 13.2 Å². The molecule has 0 amide bonds. The maximum Gasteiger partial charge on any atom is 0.391 e. The van der Waals surface area contributed by atoms with Crippen molar-refractivity contribution >= 4 is 21.5 Å². The second-order valence-corrected chi connectivity index (χ2v) is 11.0. The molecule has 0 radical (unpaired) electrons. The number of rotatable bonds is 2. The van der Waals surface area contributed by atoms with Crippen molar-refractivity contribution in [2.24, 2.45) is 5.92 Å². The molecule has 0 aliphatic heterocycles. The van der Waals surface area contributed by atoms with Crippen molar-refractivity contribution in [1.29, 1.82) is 0 Å². The lowest BCUT2D eigenvalue weighted by Crippen LogP contribution is -2.28. The highest BCUT2D eigenvalue weighted by atomic mass is 19.4. The molecule has 0 fully saturated rings. The zero-order chi connectivity index (χ0) is 31.6. The van der Waals surface area contributed by atoms with Gasteiger partial charge in [0.1, 0.15) is 11.5 Å². The minimum absolute atomic E-state index is 0.273. The summed E-state index contributed by atoms with van der Waals surface area (Å²) in [5.74, 6) is -0.656. The van der Waals surface area contributed by atoms with Crippen molar-refractivity contribution in [3.05, 3.63) is 144 Å². The van der Waals surface area contributed by atoms with Gasteiger partial charge in [-0.25, -0.2) is 0 Å². The summed E-state index contributed by atoms with van der Waals surface area (Å²) in [5, 5.41) is 24.2.